The molecular weight excluding hydrogens is 188 g/mol. The van der Waals surface area contributed by atoms with Gasteiger partial charge in [0.05, 0.1) is 6.17 Å². The zero-order valence-electron chi connectivity index (χ0n) is 9.13. The molecule has 2 rings (SSSR count). The fourth-order valence-corrected chi connectivity index (χ4v) is 1.90. The van der Waals surface area contributed by atoms with E-state index in [0.29, 0.717) is 0 Å². The maximum Gasteiger partial charge on any atom is 0.128 e. The second kappa shape index (κ2) is 4.59. The number of anilines is 1. The maximum absolute atomic E-state index is 5.84. The first-order valence-electron chi connectivity index (χ1n) is 5.43. The van der Waals surface area contributed by atoms with Crippen LogP contribution in [-0.2, 0) is 0 Å². The Balaban J connectivity index is 1.94. The average molecular weight is 206 g/mol. The van der Waals surface area contributed by atoms with Crippen molar-refractivity contribution < 1.29 is 0 Å². The van der Waals surface area contributed by atoms with E-state index in [0.717, 1.165) is 32.0 Å². The third kappa shape index (κ3) is 2.46. The predicted octanol–water partition coefficient (Wildman–Crippen LogP) is 0.508. The van der Waals surface area contributed by atoms with E-state index < -0.39 is 0 Å². The van der Waals surface area contributed by atoms with Crippen molar-refractivity contribution >= 4 is 5.82 Å². The number of hydrogen-bond acceptors (Lipinski definition) is 4. The summed E-state index contributed by atoms with van der Waals surface area (Å²) in [6.07, 6.45) is 2.00. The van der Waals surface area contributed by atoms with Crippen LogP contribution in [0, 0.1) is 0 Å². The normalized spacial score (nSPS) is 20.3. The molecule has 15 heavy (non-hydrogen) atoms. The molecule has 4 heteroatoms. The number of pyridine rings is 1. The maximum atomic E-state index is 5.84. The molecule has 0 saturated carbocycles. The van der Waals surface area contributed by atoms with Gasteiger partial charge in [-0.1, -0.05) is 6.07 Å². The van der Waals surface area contributed by atoms with Crippen LogP contribution in [0.2, 0.25) is 0 Å². The number of piperazine rings is 1. The summed E-state index contributed by atoms with van der Waals surface area (Å²) in [5.41, 5.74) is 5.84. The monoisotopic (exact) mass is 206 g/mol. The van der Waals surface area contributed by atoms with Gasteiger partial charge in [-0.2, -0.15) is 0 Å². The quantitative estimate of drug-likeness (QED) is 0.765. The van der Waals surface area contributed by atoms with Crippen molar-refractivity contribution in [2.75, 3.05) is 31.1 Å². The summed E-state index contributed by atoms with van der Waals surface area (Å²) in [6.45, 7) is 6.11. The molecule has 0 amide bonds. The van der Waals surface area contributed by atoms with Gasteiger partial charge in [-0.25, -0.2) is 4.98 Å². The first-order chi connectivity index (χ1) is 7.27. The molecule has 0 radical (unpaired) electrons. The number of rotatable bonds is 2. The minimum Gasteiger partial charge on any atom is -0.354 e. The van der Waals surface area contributed by atoms with Crippen molar-refractivity contribution in [2.24, 2.45) is 5.73 Å². The van der Waals surface area contributed by atoms with Crippen LogP contribution in [0.4, 0.5) is 5.82 Å². The summed E-state index contributed by atoms with van der Waals surface area (Å²) >= 11 is 0. The van der Waals surface area contributed by atoms with Crippen molar-refractivity contribution in [3.8, 4) is 0 Å². The van der Waals surface area contributed by atoms with Crippen LogP contribution in [0.3, 0.4) is 0 Å². The molecule has 4 nitrogen and oxygen atoms in total. The molecule has 1 unspecified atom stereocenters. The predicted molar refractivity (Wildman–Crippen MR) is 61.7 cm³/mol. The van der Waals surface area contributed by atoms with E-state index in [4.69, 9.17) is 5.73 Å². The van der Waals surface area contributed by atoms with Crippen molar-refractivity contribution in [1.82, 2.24) is 9.88 Å². The molecule has 1 aromatic rings. The van der Waals surface area contributed by atoms with Gasteiger partial charge >= 0.3 is 0 Å². The summed E-state index contributed by atoms with van der Waals surface area (Å²) < 4.78 is 0. The lowest BCUT2D eigenvalue weighted by Gasteiger charge is -2.37. The van der Waals surface area contributed by atoms with Gasteiger partial charge in [0.1, 0.15) is 5.82 Å². The van der Waals surface area contributed by atoms with Crippen LogP contribution < -0.4 is 10.6 Å². The number of nitrogens with zero attached hydrogens (tertiary/aromatic N) is 3. The van der Waals surface area contributed by atoms with Gasteiger partial charge in [-0.05, 0) is 19.1 Å². The van der Waals surface area contributed by atoms with Crippen LogP contribution >= 0.6 is 0 Å². The molecule has 0 bridgehead atoms. The molecule has 2 heterocycles. The van der Waals surface area contributed by atoms with Crippen molar-refractivity contribution in [1.29, 1.82) is 0 Å². The Labute approximate surface area is 90.7 Å². The Morgan fingerprint density at radius 1 is 1.27 bits per heavy atom. The molecule has 1 fully saturated rings. The van der Waals surface area contributed by atoms with Crippen molar-refractivity contribution in [2.45, 2.75) is 13.1 Å². The number of aromatic nitrogens is 1. The Morgan fingerprint density at radius 2 is 2.00 bits per heavy atom. The number of nitrogens with two attached hydrogens (primary N) is 1. The molecule has 1 aliphatic heterocycles. The van der Waals surface area contributed by atoms with Crippen LogP contribution in [0.25, 0.3) is 0 Å². The lowest BCUT2D eigenvalue weighted by atomic mass is 10.3. The van der Waals surface area contributed by atoms with Gasteiger partial charge < -0.3 is 10.6 Å². The summed E-state index contributed by atoms with van der Waals surface area (Å²) in [6, 6.07) is 6.03. The van der Waals surface area contributed by atoms with E-state index in [1.807, 2.05) is 25.3 Å². The van der Waals surface area contributed by atoms with Crippen LogP contribution in [0.5, 0.6) is 0 Å². The van der Waals surface area contributed by atoms with E-state index in [-0.39, 0.29) is 6.17 Å². The van der Waals surface area contributed by atoms with Crippen LogP contribution in [-0.4, -0.2) is 42.2 Å². The second-order valence-corrected chi connectivity index (χ2v) is 3.95. The van der Waals surface area contributed by atoms with Crippen LogP contribution in [0.15, 0.2) is 24.4 Å². The van der Waals surface area contributed by atoms with E-state index in [1.165, 1.54) is 0 Å². The van der Waals surface area contributed by atoms with E-state index in [2.05, 4.69) is 20.9 Å². The van der Waals surface area contributed by atoms with E-state index >= 15 is 0 Å². The lowest BCUT2D eigenvalue weighted by molar-refractivity contribution is 0.201. The van der Waals surface area contributed by atoms with Gasteiger partial charge in [0.25, 0.3) is 0 Å². The third-order valence-electron chi connectivity index (χ3n) is 2.86. The van der Waals surface area contributed by atoms with E-state index in [1.54, 1.807) is 0 Å². The molecule has 1 aliphatic rings. The fraction of sp³-hybridized carbons (Fsp3) is 0.545. The molecule has 1 saturated heterocycles. The summed E-state index contributed by atoms with van der Waals surface area (Å²) in [5, 5.41) is 0. The van der Waals surface area contributed by atoms with Gasteiger partial charge in [0.2, 0.25) is 0 Å². The molecule has 0 aliphatic carbocycles. The zero-order valence-corrected chi connectivity index (χ0v) is 9.13. The average Bonchev–Trinajstić information content (AvgIpc) is 2.30. The highest BCUT2D eigenvalue weighted by molar-refractivity contribution is 5.38. The molecule has 2 N–H and O–H groups in total. The largest absolute Gasteiger partial charge is 0.354 e. The highest BCUT2D eigenvalue weighted by Crippen LogP contribution is 2.12. The molecule has 82 valence electrons. The van der Waals surface area contributed by atoms with Crippen molar-refractivity contribution in [3.05, 3.63) is 24.4 Å². The molecular formula is C11H18N4. The van der Waals surface area contributed by atoms with E-state index in [9.17, 15) is 0 Å². The number of hydrogen-bond donors (Lipinski definition) is 1. The summed E-state index contributed by atoms with van der Waals surface area (Å²) in [4.78, 5) is 8.94. The second-order valence-electron chi connectivity index (χ2n) is 3.95. The molecule has 1 atom stereocenters. The molecule has 0 spiro atoms. The highest BCUT2D eigenvalue weighted by atomic mass is 15.3. The minimum atomic E-state index is 0.163. The summed E-state index contributed by atoms with van der Waals surface area (Å²) in [7, 11) is 0. The Morgan fingerprint density at radius 3 is 2.53 bits per heavy atom. The Bertz CT molecular complexity index is 291. The van der Waals surface area contributed by atoms with Gasteiger partial charge in [0.15, 0.2) is 0 Å². The smallest absolute Gasteiger partial charge is 0.128 e. The van der Waals surface area contributed by atoms with Crippen LogP contribution in [0.1, 0.15) is 6.92 Å². The third-order valence-corrected chi connectivity index (χ3v) is 2.86. The SMILES string of the molecule is CC(N)N1CCN(c2ccccn2)CC1. The fourth-order valence-electron chi connectivity index (χ4n) is 1.90. The Kier molecular flexibility index (Phi) is 3.18. The molecule has 0 aromatic carbocycles. The lowest BCUT2D eigenvalue weighted by Crippen LogP contribution is -2.52. The van der Waals surface area contributed by atoms with Crippen molar-refractivity contribution in [3.63, 3.8) is 0 Å². The topological polar surface area (TPSA) is 45.4 Å². The summed E-state index contributed by atoms with van der Waals surface area (Å²) in [5.74, 6) is 1.07. The van der Waals surface area contributed by atoms with Gasteiger partial charge in [-0.3, -0.25) is 4.90 Å². The highest BCUT2D eigenvalue weighted by Gasteiger charge is 2.19. The van der Waals surface area contributed by atoms with Gasteiger partial charge in [-0.15, -0.1) is 0 Å². The first kappa shape index (κ1) is 10.4. The van der Waals surface area contributed by atoms with Gasteiger partial charge in [0, 0.05) is 32.4 Å². The Hall–Kier alpha value is -1.13. The standard InChI is InChI=1S/C11H18N4/c1-10(12)14-6-8-15(9-7-14)11-4-2-3-5-13-11/h2-5,10H,6-9,12H2,1H3. The zero-order chi connectivity index (χ0) is 10.7. The minimum absolute atomic E-state index is 0.163. The first-order valence-corrected chi connectivity index (χ1v) is 5.43. The molecule has 1 aromatic heterocycles.